The van der Waals surface area contributed by atoms with Crippen molar-refractivity contribution in [1.29, 1.82) is 0 Å². The maximum atomic E-state index is 4.38. The third-order valence-corrected chi connectivity index (χ3v) is 3.48. The maximum absolute atomic E-state index is 4.38. The SMILES string of the molecule is CN(Cc1nccn1C)C1CCCNCC1. The van der Waals surface area contributed by atoms with E-state index in [0.29, 0.717) is 6.04 Å². The molecule has 2 heterocycles. The van der Waals surface area contributed by atoms with E-state index in [4.69, 9.17) is 0 Å². The molecular weight excluding hydrogens is 200 g/mol. The van der Waals surface area contributed by atoms with Crippen LogP contribution in [0.4, 0.5) is 0 Å². The number of aryl methyl sites for hydroxylation is 1. The van der Waals surface area contributed by atoms with E-state index in [2.05, 4.69) is 33.9 Å². The Morgan fingerprint density at radius 1 is 1.50 bits per heavy atom. The van der Waals surface area contributed by atoms with Crippen molar-refractivity contribution >= 4 is 0 Å². The van der Waals surface area contributed by atoms with Crippen LogP contribution < -0.4 is 5.32 Å². The van der Waals surface area contributed by atoms with Gasteiger partial charge < -0.3 is 9.88 Å². The second-order valence-electron chi connectivity index (χ2n) is 4.70. The summed E-state index contributed by atoms with van der Waals surface area (Å²) < 4.78 is 2.10. The molecule has 0 bridgehead atoms. The van der Waals surface area contributed by atoms with Crippen LogP contribution in [-0.4, -0.2) is 40.6 Å². The Morgan fingerprint density at radius 3 is 3.12 bits per heavy atom. The van der Waals surface area contributed by atoms with Gasteiger partial charge in [0.1, 0.15) is 5.82 Å². The van der Waals surface area contributed by atoms with Crippen molar-refractivity contribution in [3.8, 4) is 0 Å². The summed E-state index contributed by atoms with van der Waals surface area (Å²) >= 11 is 0. The highest BCUT2D eigenvalue weighted by molar-refractivity contribution is 4.91. The van der Waals surface area contributed by atoms with Gasteiger partial charge in [0.2, 0.25) is 0 Å². The van der Waals surface area contributed by atoms with Crippen molar-refractivity contribution in [3.05, 3.63) is 18.2 Å². The predicted octanol–water partition coefficient (Wildman–Crippen LogP) is 0.994. The average molecular weight is 222 g/mol. The van der Waals surface area contributed by atoms with E-state index in [-0.39, 0.29) is 0 Å². The molecule has 16 heavy (non-hydrogen) atoms. The van der Waals surface area contributed by atoms with Gasteiger partial charge in [-0.3, -0.25) is 4.90 Å². The Kier molecular flexibility index (Phi) is 3.96. The van der Waals surface area contributed by atoms with Gasteiger partial charge in [-0.1, -0.05) is 0 Å². The van der Waals surface area contributed by atoms with Gasteiger partial charge in [0.05, 0.1) is 6.54 Å². The Bertz CT molecular complexity index is 313. The molecule has 0 radical (unpaired) electrons. The fourth-order valence-corrected chi connectivity index (χ4v) is 2.34. The van der Waals surface area contributed by atoms with Gasteiger partial charge in [0.15, 0.2) is 0 Å². The summed E-state index contributed by atoms with van der Waals surface area (Å²) in [7, 11) is 4.27. The molecule has 0 saturated carbocycles. The third-order valence-electron chi connectivity index (χ3n) is 3.48. The first-order valence-electron chi connectivity index (χ1n) is 6.14. The van der Waals surface area contributed by atoms with Crippen molar-refractivity contribution < 1.29 is 0 Å². The molecule has 4 heteroatoms. The quantitative estimate of drug-likeness (QED) is 0.828. The Hall–Kier alpha value is -0.870. The van der Waals surface area contributed by atoms with Crippen molar-refractivity contribution in [2.75, 3.05) is 20.1 Å². The smallest absolute Gasteiger partial charge is 0.122 e. The molecule has 90 valence electrons. The molecule has 1 atom stereocenters. The number of hydrogen-bond acceptors (Lipinski definition) is 3. The number of hydrogen-bond donors (Lipinski definition) is 1. The van der Waals surface area contributed by atoms with Gasteiger partial charge in [0.25, 0.3) is 0 Å². The number of aromatic nitrogens is 2. The minimum atomic E-state index is 0.701. The Morgan fingerprint density at radius 2 is 2.38 bits per heavy atom. The number of rotatable bonds is 3. The van der Waals surface area contributed by atoms with E-state index in [0.717, 1.165) is 18.9 Å². The van der Waals surface area contributed by atoms with Crippen LogP contribution in [0.1, 0.15) is 25.1 Å². The molecule has 1 fully saturated rings. The highest BCUT2D eigenvalue weighted by Gasteiger charge is 2.17. The Balaban J connectivity index is 1.91. The molecule has 1 aliphatic heterocycles. The lowest BCUT2D eigenvalue weighted by molar-refractivity contribution is 0.210. The van der Waals surface area contributed by atoms with E-state index in [1.165, 1.54) is 25.8 Å². The van der Waals surface area contributed by atoms with Crippen molar-refractivity contribution in [1.82, 2.24) is 19.8 Å². The van der Waals surface area contributed by atoms with Crippen LogP contribution in [0.3, 0.4) is 0 Å². The lowest BCUT2D eigenvalue weighted by Gasteiger charge is -2.26. The summed E-state index contributed by atoms with van der Waals surface area (Å²) in [6, 6.07) is 0.701. The van der Waals surface area contributed by atoms with Crippen LogP contribution >= 0.6 is 0 Å². The average Bonchev–Trinajstić information content (AvgIpc) is 2.57. The van der Waals surface area contributed by atoms with Crippen LogP contribution in [0.15, 0.2) is 12.4 Å². The van der Waals surface area contributed by atoms with Gasteiger partial charge in [-0.15, -0.1) is 0 Å². The Labute approximate surface area is 97.7 Å². The molecule has 4 nitrogen and oxygen atoms in total. The van der Waals surface area contributed by atoms with Crippen molar-refractivity contribution in [2.45, 2.75) is 31.8 Å². The lowest BCUT2D eigenvalue weighted by Crippen LogP contribution is -2.32. The summed E-state index contributed by atoms with van der Waals surface area (Å²) in [6.07, 6.45) is 7.72. The molecule has 0 amide bonds. The summed E-state index contributed by atoms with van der Waals surface area (Å²) in [5.74, 6) is 1.15. The van der Waals surface area contributed by atoms with E-state index < -0.39 is 0 Å². The number of nitrogens with zero attached hydrogens (tertiary/aromatic N) is 3. The van der Waals surface area contributed by atoms with Crippen LogP contribution in [0.25, 0.3) is 0 Å². The molecule has 0 spiro atoms. The van der Waals surface area contributed by atoms with Gasteiger partial charge in [-0.2, -0.15) is 0 Å². The standard InChI is InChI=1S/C12H22N4/c1-15-9-8-14-12(15)10-16(2)11-4-3-6-13-7-5-11/h8-9,11,13H,3-7,10H2,1-2H3. The number of imidazole rings is 1. The molecule has 1 unspecified atom stereocenters. The zero-order chi connectivity index (χ0) is 11.4. The highest BCUT2D eigenvalue weighted by Crippen LogP contribution is 2.13. The van der Waals surface area contributed by atoms with E-state index in [1.54, 1.807) is 0 Å². The molecule has 1 aromatic heterocycles. The third kappa shape index (κ3) is 2.83. The topological polar surface area (TPSA) is 33.1 Å². The number of nitrogens with one attached hydrogen (secondary N) is 1. The van der Waals surface area contributed by atoms with E-state index in [1.807, 2.05) is 12.4 Å². The largest absolute Gasteiger partial charge is 0.337 e. The van der Waals surface area contributed by atoms with Gasteiger partial charge in [0, 0.05) is 25.5 Å². The van der Waals surface area contributed by atoms with Gasteiger partial charge in [-0.05, 0) is 39.4 Å². The summed E-state index contributed by atoms with van der Waals surface area (Å²) in [5.41, 5.74) is 0. The minimum absolute atomic E-state index is 0.701. The summed E-state index contributed by atoms with van der Waals surface area (Å²) in [5, 5.41) is 3.45. The normalized spacial score (nSPS) is 22.3. The molecule has 1 saturated heterocycles. The molecule has 1 aliphatic rings. The lowest BCUT2D eigenvalue weighted by atomic mass is 10.1. The molecule has 2 rings (SSSR count). The highest BCUT2D eigenvalue weighted by atomic mass is 15.2. The fraction of sp³-hybridized carbons (Fsp3) is 0.750. The first-order valence-corrected chi connectivity index (χ1v) is 6.14. The first-order chi connectivity index (χ1) is 7.77. The zero-order valence-electron chi connectivity index (χ0n) is 10.3. The molecule has 1 aromatic rings. The van der Waals surface area contributed by atoms with Crippen molar-refractivity contribution in [2.24, 2.45) is 7.05 Å². The predicted molar refractivity (Wildman–Crippen MR) is 65.2 cm³/mol. The molecule has 1 N–H and O–H groups in total. The second-order valence-corrected chi connectivity index (χ2v) is 4.70. The summed E-state index contributed by atoms with van der Waals surface area (Å²) in [6.45, 7) is 3.27. The maximum Gasteiger partial charge on any atom is 0.122 e. The van der Waals surface area contributed by atoms with Crippen molar-refractivity contribution in [3.63, 3.8) is 0 Å². The summed E-state index contributed by atoms with van der Waals surface area (Å²) in [4.78, 5) is 6.82. The van der Waals surface area contributed by atoms with Crippen LogP contribution in [0, 0.1) is 0 Å². The van der Waals surface area contributed by atoms with E-state index in [9.17, 15) is 0 Å². The van der Waals surface area contributed by atoms with Crippen LogP contribution in [0.2, 0.25) is 0 Å². The van der Waals surface area contributed by atoms with Crippen LogP contribution in [0.5, 0.6) is 0 Å². The van der Waals surface area contributed by atoms with Gasteiger partial charge >= 0.3 is 0 Å². The van der Waals surface area contributed by atoms with Gasteiger partial charge in [-0.25, -0.2) is 4.98 Å². The molecular formula is C12H22N4. The van der Waals surface area contributed by atoms with E-state index >= 15 is 0 Å². The minimum Gasteiger partial charge on any atom is -0.337 e. The van der Waals surface area contributed by atoms with Crippen LogP contribution in [-0.2, 0) is 13.6 Å². The second kappa shape index (κ2) is 5.46. The molecule has 0 aromatic carbocycles. The zero-order valence-corrected chi connectivity index (χ0v) is 10.3. The fourth-order valence-electron chi connectivity index (χ4n) is 2.34. The monoisotopic (exact) mass is 222 g/mol. The first kappa shape index (κ1) is 11.6. The molecule has 0 aliphatic carbocycles.